The highest BCUT2D eigenvalue weighted by Crippen LogP contribution is 2.32. The van der Waals surface area contributed by atoms with E-state index in [1.807, 2.05) is 35.2 Å². The number of nitrogen functional groups attached to an aromatic ring is 1. The molecule has 212 valence electrons. The average molecular weight is 544 g/mol. The maximum Gasteiger partial charge on any atom is 0.320 e. The molecule has 1 fully saturated rings. The van der Waals surface area contributed by atoms with E-state index in [1.54, 1.807) is 0 Å². The van der Waals surface area contributed by atoms with Gasteiger partial charge in [0.2, 0.25) is 0 Å². The quantitative estimate of drug-likeness (QED) is 0.134. The number of hydrogen-bond acceptors (Lipinski definition) is 12. The van der Waals surface area contributed by atoms with Gasteiger partial charge in [-0.2, -0.15) is 0 Å². The summed E-state index contributed by atoms with van der Waals surface area (Å²) in [6, 6.07) is 8.72. The Bertz CT molecular complexity index is 1210. The minimum atomic E-state index is -1.25. The van der Waals surface area contributed by atoms with E-state index in [-0.39, 0.29) is 24.8 Å². The van der Waals surface area contributed by atoms with Gasteiger partial charge in [0.25, 0.3) is 0 Å². The van der Waals surface area contributed by atoms with Crippen molar-refractivity contribution in [2.75, 3.05) is 37.2 Å². The third-order valence-corrected chi connectivity index (χ3v) is 6.94. The number of carboxylic acids is 1. The number of hydrogen-bond donors (Lipinski definition) is 7. The van der Waals surface area contributed by atoms with Gasteiger partial charge < -0.3 is 47.5 Å². The molecular formula is C25H37N9O5. The average Bonchev–Trinajstić information content (AvgIpc) is 3.47. The molecule has 0 bridgehead atoms. The van der Waals surface area contributed by atoms with Crippen LogP contribution in [0.4, 0.5) is 11.5 Å². The van der Waals surface area contributed by atoms with Crippen LogP contribution in [0.2, 0.25) is 0 Å². The van der Waals surface area contributed by atoms with E-state index < -0.39 is 36.6 Å². The fourth-order valence-corrected chi connectivity index (χ4v) is 4.61. The first-order valence-corrected chi connectivity index (χ1v) is 12.9. The SMILES string of the molecule is Nc1ncnc2c1ncn2[C@@H]1O[C@H](CN(CCC(N)CCNc2ccccc2)CCC(N)C(=O)O)[C@@H](O)[C@H]1O. The maximum atomic E-state index is 11.3. The zero-order valence-corrected chi connectivity index (χ0v) is 21.6. The van der Waals surface area contributed by atoms with E-state index >= 15 is 0 Å². The molecule has 0 radical (unpaired) electrons. The number of benzene rings is 1. The largest absolute Gasteiger partial charge is 0.480 e. The molecule has 3 heterocycles. The summed E-state index contributed by atoms with van der Waals surface area (Å²) in [5.41, 5.74) is 19.7. The van der Waals surface area contributed by atoms with Crippen LogP contribution in [0.1, 0.15) is 25.5 Å². The Morgan fingerprint density at radius 1 is 1.08 bits per heavy atom. The van der Waals surface area contributed by atoms with Gasteiger partial charge >= 0.3 is 5.97 Å². The van der Waals surface area contributed by atoms with Crippen molar-refractivity contribution >= 4 is 28.6 Å². The van der Waals surface area contributed by atoms with Crippen molar-refractivity contribution in [3.63, 3.8) is 0 Å². The Hall–Kier alpha value is -3.40. The standard InChI is InChI=1S/C25H37N9O5/c26-15(6-9-29-16-4-2-1-3-5-16)7-10-33(11-8-17(27)25(37)38)12-18-20(35)21(36)24(39-18)34-14-32-19-22(28)30-13-31-23(19)34/h1-5,13-15,17-18,20-21,24,29,35-36H,6-12,26-27H2,(H,37,38)(H2,28,30,31)/t15?,17?,18-,20-,21-,24-/m1/s1. The topological polar surface area (TPSA) is 224 Å². The molecule has 4 rings (SSSR count). The van der Waals surface area contributed by atoms with Crippen LogP contribution in [0, 0.1) is 0 Å². The molecule has 3 aromatic rings. The highest BCUT2D eigenvalue weighted by Gasteiger charge is 2.44. The number of nitrogens with one attached hydrogen (secondary N) is 1. The number of carbonyl (C=O) groups is 1. The summed E-state index contributed by atoms with van der Waals surface area (Å²) in [7, 11) is 0. The summed E-state index contributed by atoms with van der Waals surface area (Å²) in [6.45, 7) is 1.83. The molecule has 0 aliphatic carbocycles. The van der Waals surface area contributed by atoms with Crippen LogP contribution in [-0.4, -0.2) is 102 Å². The number of aliphatic carboxylic acids is 1. The van der Waals surface area contributed by atoms with Gasteiger partial charge in [0.05, 0.1) is 6.33 Å². The number of fused-ring (bicyclic) bond motifs is 1. The van der Waals surface area contributed by atoms with Gasteiger partial charge in [-0.3, -0.25) is 9.36 Å². The number of rotatable bonds is 14. The van der Waals surface area contributed by atoms with Crippen LogP contribution >= 0.6 is 0 Å². The lowest BCUT2D eigenvalue weighted by atomic mass is 10.1. The zero-order valence-electron chi connectivity index (χ0n) is 21.6. The summed E-state index contributed by atoms with van der Waals surface area (Å²) in [4.78, 5) is 25.5. The van der Waals surface area contributed by atoms with Crippen molar-refractivity contribution in [2.24, 2.45) is 11.5 Å². The first-order chi connectivity index (χ1) is 18.7. The molecule has 39 heavy (non-hydrogen) atoms. The Balaban J connectivity index is 1.37. The first kappa shape index (κ1) is 28.6. The molecule has 6 atom stereocenters. The summed E-state index contributed by atoms with van der Waals surface area (Å²) in [5.74, 6) is -0.890. The monoisotopic (exact) mass is 543 g/mol. The van der Waals surface area contributed by atoms with E-state index in [0.29, 0.717) is 37.2 Å². The maximum absolute atomic E-state index is 11.3. The smallest absolute Gasteiger partial charge is 0.320 e. The van der Waals surface area contributed by atoms with Crippen molar-refractivity contribution < 1.29 is 24.9 Å². The number of aliphatic hydroxyl groups is 2. The summed E-state index contributed by atoms with van der Waals surface area (Å²) < 4.78 is 7.59. The summed E-state index contributed by atoms with van der Waals surface area (Å²) in [5, 5.41) is 34.2. The number of nitrogens with zero attached hydrogens (tertiary/aromatic N) is 5. The molecular weight excluding hydrogens is 506 g/mol. The number of nitrogens with two attached hydrogens (primary N) is 3. The van der Waals surface area contributed by atoms with Crippen molar-refractivity contribution in [2.45, 2.75) is 55.9 Å². The Labute approximate surface area is 225 Å². The summed E-state index contributed by atoms with van der Waals surface area (Å²) in [6.07, 6.45) is 0.135. The second-order valence-electron chi connectivity index (χ2n) is 9.79. The predicted molar refractivity (Wildman–Crippen MR) is 144 cm³/mol. The molecule has 2 unspecified atom stereocenters. The molecule has 1 aliphatic heterocycles. The molecule has 0 spiro atoms. The van der Waals surface area contributed by atoms with Crippen molar-refractivity contribution in [1.29, 1.82) is 0 Å². The van der Waals surface area contributed by atoms with E-state index in [4.69, 9.17) is 21.9 Å². The van der Waals surface area contributed by atoms with Gasteiger partial charge in [0.1, 0.15) is 36.2 Å². The molecule has 1 aromatic carbocycles. The third kappa shape index (κ3) is 7.17. The minimum Gasteiger partial charge on any atom is -0.480 e. The molecule has 10 N–H and O–H groups in total. The fourth-order valence-electron chi connectivity index (χ4n) is 4.61. The number of anilines is 2. The highest BCUT2D eigenvalue weighted by atomic mass is 16.6. The van der Waals surface area contributed by atoms with Crippen molar-refractivity contribution in [3.8, 4) is 0 Å². The van der Waals surface area contributed by atoms with Crippen LogP contribution in [-0.2, 0) is 9.53 Å². The van der Waals surface area contributed by atoms with E-state index in [2.05, 4.69) is 20.3 Å². The molecule has 14 nitrogen and oxygen atoms in total. The number of para-hydroxylation sites is 1. The van der Waals surface area contributed by atoms with E-state index in [0.717, 1.165) is 12.1 Å². The van der Waals surface area contributed by atoms with Gasteiger partial charge in [-0.15, -0.1) is 0 Å². The van der Waals surface area contributed by atoms with Crippen LogP contribution < -0.4 is 22.5 Å². The molecule has 0 saturated carbocycles. The zero-order chi connectivity index (χ0) is 27.9. The van der Waals surface area contributed by atoms with Crippen molar-refractivity contribution in [1.82, 2.24) is 24.4 Å². The van der Waals surface area contributed by atoms with Gasteiger partial charge in [-0.05, 0) is 37.9 Å². The molecule has 1 aliphatic rings. The van der Waals surface area contributed by atoms with Crippen molar-refractivity contribution in [3.05, 3.63) is 43.0 Å². The molecule has 14 heteroatoms. The number of imidazole rings is 1. The lowest BCUT2D eigenvalue weighted by molar-refractivity contribution is -0.138. The second-order valence-corrected chi connectivity index (χ2v) is 9.79. The van der Waals surface area contributed by atoms with Crippen LogP contribution in [0.15, 0.2) is 43.0 Å². The fraction of sp³-hybridized carbons (Fsp3) is 0.520. The number of carboxylic acid groups (broad SMARTS) is 1. The lowest BCUT2D eigenvalue weighted by Crippen LogP contribution is -2.43. The summed E-state index contributed by atoms with van der Waals surface area (Å²) >= 11 is 0. The van der Waals surface area contributed by atoms with Gasteiger partial charge in [0.15, 0.2) is 17.7 Å². The van der Waals surface area contributed by atoms with Crippen LogP contribution in [0.3, 0.4) is 0 Å². The highest BCUT2D eigenvalue weighted by molar-refractivity contribution is 5.81. The first-order valence-electron chi connectivity index (χ1n) is 12.9. The molecule has 1 saturated heterocycles. The Morgan fingerprint density at radius 2 is 1.82 bits per heavy atom. The lowest BCUT2D eigenvalue weighted by Gasteiger charge is -2.28. The van der Waals surface area contributed by atoms with Gasteiger partial charge in [-0.25, -0.2) is 15.0 Å². The molecule has 0 amide bonds. The van der Waals surface area contributed by atoms with E-state index in [9.17, 15) is 20.1 Å². The van der Waals surface area contributed by atoms with Crippen LogP contribution in [0.5, 0.6) is 0 Å². The van der Waals surface area contributed by atoms with E-state index in [1.165, 1.54) is 17.2 Å². The number of ether oxygens (including phenoxy) is 1. The number of aromatic nitrogens is 4. The Kier molecular flexibility index (Phi) is 9.61. The van der Waals surface area contributed by atoms with Gasteiger partial charge in [-0.1, -0.05) is 18.2 Å². The minimum absolute atomic E-state index is 0.105. The Morgan fingerprint density at radius 3 is 2.56 bits per heavy atom. The number of aliphatic hydroxyl groups excluding tert-OH is 2. The third-order valence-electron chi connectivity index (χ3n) is 6.94. The van der Waals surface area contributed by atoms with Crippen LogP contribution in [0.25, 0.3) is 11.2 Å². The second kappa shape index (κ2) is 13.1. The van der Waals surface area contributed by atoms with Gasteiger partial charge in [0, 0.05) is 31.4 Å². The predicted octanol–water partition coefficient (Wildman–Crippen LogP) is -0.649. The molecule has 2 aromatic heterocycles. The normalized spacial score (nSPS) is 22.8.